The highest BCUT2D eigenvalue weighted by Gasteiger charge is 2.31. The van der Waals surface area contributed by atoms with Gasteiger partial charge in [0.1, 0.15) is 6.61 Å². The van der Waals surface area contributed by atoms with Crippen LogP contribution in [0.2, 0.25) is 0 Å². The Morgan fingerprint density at radius 3 is 2.25 bits per heavy atom. The second-order valence-corrected chi connectivity index (χ2v) is 8.32. The number of rotatable bonds is 5. The predicted octanol–water partition coefficient (Wildman–Crippen LogP) is 4.84. The second-order valence-electron chi connectivity index (χ2n) is 7.47. The molecule has 2 aliphatic rings. The number of aliphatic carboxylic acids is 1. The minimum absolute atomic E-state index is 0.0583. The van der Waals surface area contributed by atoms with Crippen molar-refractivity contribution in [2.75, 3.05) is 13.4 Å². The molecule has 3 aromatic carbocycles. The van der Waals surface area contributed by atoms with E-state index < -0.39 is 18.1 Å². The van der Waals surface area contributed by atoms with E-state index in [1.54, 1.807) is 6.07 Å². The molecule has 32 heavy (non-hydrogen) atoms. The van der Waals surface area contributed by atoms with Gasteiger partial charge in [-0.25, -0.2) is 9.59 Å². The summed E-state index contributed by atoms with van der Waals surface area (Å²) in [5, 5.41) is 12.2. The second kappa shape index (κ2) is 8.20. The maximum absolute atomic E-state index is 12.6. The standard InChI is InChI=1S/C24H18BrNO6/c25-19-10-21-20(31-12-32-21)9-17(19)22(23(27)28)26-24(29)30-11-18-15-7-3-1-5-13(15)14-6-2-4-8-16(14)18/h1-10,18,22H,11-12H2,(H,26,29)(H,27,28). The van der Waals surface area contributed by atoms with Crippen molar-refractivity contribution in [3.63, 3.8) is 0 Å². The first-order valence-corrected chi connectivity index (χ1v) is 10.8. The number of carboxylic acid groups (broad SMARTS) is 1. The molecule has 1 atom stereocenters. The molecule has 0 fully saturated rings. The van der Waals surface area contributed by atoms with E-state index >= 15 is 0 Å². The van der Waals surface area contributed by atoms with Gasteiger partial charge in [-0.1, -0.05) is 64.5 Å². The van der Waals surface area contributed by atoms with Crippen LogP contribution in [0, 0.1) is 0 Å². The van der Waals surface area contributed by atoms with Gasteiger partial charge in [0.2, 0.25) is 6.79 Å². The van der Waals surface area contributed by atoms with Crippen molar-refractivity contribution >= 4 is 28.0 Å². The SMILES string of the molecule is O=C(NC(C(=O)O)c1cc2c(cc1Br)OCO2)OCC1c2ccccc2-c2ccccc21. The Kier molecular flexibility index (Phi) is 5.22. The number of hydrogen-bond acceptors (Lipinski definition) is 5. The maximum atomic E-state index is 12.6. The summed E-state index contributed by atoms with van der Waals surface area (Å²) in [7, 11) is 0. The number of benzene rings is 3. The van der Waals surface area contributed by atoms with Gasteiger partial charge in [0.15, 0.2) is 17.5 Å². The largest absolute Gasteiger partial charge is 0.479 e. The van der Waals surface area contributed by atoms with E-state index in [9.17, 15) is 14.7 Å². The summed E-state index contributed by atoms with van der Waals surface area (Å²) in [6, 6.07) is 17.8. The molecule has 0 aromatic heterocycles. The zero-order chi connectivity index (χ0) is 22.2. The summed E-state index contributed by atoms with van der Waals surface area (Å²) in [6.45, 7) is 0.150. The Balaban J connectivity index is 1.33. The quantitative estimate of drug-likeness (QED) is 0.525. The fraction of sp³-hybridized carbons (Fsp3) is 0.167. The molecular formula is C24H18BrNO6. The minimum atomic E-state index is -1.32. The normalized spacial score (nSPS) is 14.4. The number of carboxylic acids is 1. The summed E-state index contributed by atoms with van der Waals surface area (Å²) in [5.74, 6) is -0.415. The van der Waals surface area contributed by atoms with E-state index in [0.717, 1.165) is 22.3 Å². The molecule has 1 heterocycles. The Morgan fingerprint density at radius 1 is 1.03 bits per heavy atom. The van der Waals surface area contributed by atoms with Gasteiger partial charge in [0, 0.05) is 16.0 Å². The van der Waals surface area contributed by atoms with Crippen LogP contribution in [0.25, 0.3) is 11.1 Å². The van der Waals surface area contributed by atoms with Crippen LogP contribution < -0.4 is 14.8 Å². The van der Waals surface area contributed by atoms with Crippen LogP contribution in [0.3, 0.4) is 0 Å². The van der Waals surface area contributed by atoms with Crippen molar-refractivity contribution in [2.45, 2.75) is 12.0 Å². The summed E-state index contributed by atoms with van der Waals surface area (Å²) in [5.41, 5.74) is 4.72. The Hall–Kier alpha value is -3.52. The highest BCUT2D eigenvalue weighted by Crippen LogP contribution is 2.44. The molecule has 2 N–H and O–H groups in total. The third-order valence-corrected chi connectivity index (χ3v) is 6.34. The molecule has 5 rings (SSSR count). The number of carbonyl (C=O) groups is 2. The number of ether oxygens (including phenoxy) is 3. The van der Waals surface area contributed by atoms with Gasteiger partial charge in [-0.15, -0.1) is 0 Å². The molecule has 0 spiro atoms. The van der Waals surface area contributed by atoms with Gasteiger partial charge in [0.05, 0.1) is 0 Å². The molecule has 0 radical (unpaired) electrons. The Labute approximate surface area is 192 Å². The van der Waals surface area contributed by atoms with E-state index in [-0.39, 0.29) is 19.3 Å². The highest BCUT2D eigenvalue weighted by molar-refractivity contribution is 9.10. The third kappa shape index (κ3) is 3.56. The fourth-order valence-electron chi connectivity index (χ4n) is 4.18. The van der Waals surface area contributed by atoms with Crippen molar-refractivity contribution in [3.8, 4) is 22.6 Å². The molecule has 162 valence electrons. The van der Waals surface area contributed by atoms with Crippen LogP contribution in [0.5, 0.6) is 11.5 Å². The van der Waals surface area contributed by atoms with Gasteiger partial charge in [-0.2, -0.15) is 0 Å². The zero-order valence-electron chi connectivity index (χ0n) is 16.7. The van der Waals surface area contributed by atoms with Crippen molar-refractivity contribution < 1.29 is 28.9 Å². The van der Waals surface area contributed by atoms with Crippen LogP contribution in [-0.2, 0) is 9.53 Å². The average Bonchev–Trinajstić information content (AvgIpc) is 3.37. The lowest BCUT2D eigenvalue weighted by atomic mass is 9.98. The molecular weight excluding hydrogens is 478 g/mol. The van der Waals surface area contributed by atoms with E-state index in [2.05, 4.69) is 21.2 Å². The topological polar surface area (TPSA) is 94.1 Å². The number of fused-ring (bicyclic) bond motifs is 4. The van der Waals surface area contributed by atoms with Gasteiger partial charge in [0.25, 0.3) is 0 Å². The summed E-state index contributed by atoms with van der Waals surface area (Å²) < 4.78 is 16.6. The molecule has 0 saturated carbocycles. The zero-order valence-corrected chi connectivity index (χ0v) is 18.3. The van der Waals surface area contributed by atoms with Crippen molar-refractivity contribution in [1.29, 1.82) is 0 Å². The van der Waals surface area contributed by atoms with Crippen LogP contribution in [0.15, 0.2) is 65.1 Å². The predicted molar refractivity (Wildman–Crippen MR) is 119 cm³/mol. The van der Waals surface area contributed by atoms with E-state index in [1.807, 2.05) is 48.5 Å². The molecule has 0 bridgehead atoms. The summed E-state index contributed by atoms with van der Waals surface area (Å²) >= 11 is 3.35. The first kappa shape index (κ1) is 20.4. The van der Waals surface area contributed by atoms with E-state index in [0.29, 0.717) is 21.5 Å². The molecule has 1 aliphatic carbocycles. The number of nitrogens with one attached hydrogen (secondary N) is 1. The molecule has 1 unspecified atom stereocenters. The number of halogens is 1. The van der Waals surface area contributed by atoms with Gasteiger partial charge in [-0.05, 0) is 34.4 Å². The Morgan fingerprint density at radius 2 is 1.62 bits per heavy atom. The first-order chi connectivity index (χ1) is 15.5. The van der Waals surface area contributed by atoms with E-state index in [1.165, 1.54) is 6.07 Å². The van der Waals surface area contributed by atoms with Crippen molar-refractivity contribution in [3.05, 3.63) is 81.8 Å². The highest BCUT2D eigenvalue weighted by atomic mass is 79.9. The number of alkyl carbamates (subject to hydrolysis) is 1. The van der Waals surface area contributed by atoms with Crippen LogP contribution in [0.4, 0.5) is 4.79 Å². The monoisotopic (exact) mass is 495 g/mol. The van der Waals surface area contributed by atoms with Crippen molar-refractivity contribution in [2.24, 2.45) is 0 Å². The maximum Gasteiger partial charge on any atom is 0.408 e. The third-order valence-electron chi connectivity index (χ3n) is 5.66. The number of carbonyl (C=O) groups excluding carboxylic acids is 1. The smallest absolute Gasteiger partial charge is 0.408 e. The van der Waals surface area contributed by atoms with Gasteiger partial charge >= 0.3 is 12.1 Å². The van der Waals surface area contributed by atoms with Crippen LogP contribution >= 0.6 is 15.9 Å². The minimum Gasteiger partial charge on any atom is -0.479 e. The Bertz CT molecular complexity index is 1180. The molecule has 8 heteroatoms. The fourth-order valence-corrected chi connectivity index (χ4v) is 4.74. The molecule has 1 aliphatic heterocycles. The number of hydrogen-bond donors (Lipinski definition) is 2. The lowest BCUT2D eigenvalue weighted by molar-refractivity contribution is -0.139. The lowest BCUT2D eigenvalue weighted by Gasteiger charge is -2.19. The van der Waals surface area contributed by atoms with Crippen LogP contribution in [0.1, 0.15) is 28.7 Å². The molecule has 1 amide bonds. The lowest BCUT2D eigenvalue weighted by Crippen LogP contribution is -2.35. The van der Waals surface area contributed by atoms with Gasteiger partial charge in [-0.3, -0.25) is 0 Å². The molecule has 0 saturated heterocycles. The number of amides is 1. The molecule has 7 nitrogen and oxygen atoms in total. The van der Waals surface area contributed by atoms with Gasteiger partial charge < -0.3 is 24.6 Å². The van der Waals surface area contributed by atoms with E-state index in [4.69, 9.17) is 14.2 Å². The van der Waals surface area contributed by atoms with Crippen molar-refractivity contribution in [1.82, 2.24) is 5.32 Å². The van der Waals surface area contributed by atoms with Crippen LogP contribution in [-0.4, -0.2) is 30.6 Å². The summed E-state index contributed by atoms with van der Waals surface area (Å²) in [6.07, 6.45) is -0.816. The molecule has 3 aromatic rings. The first-order valence-electron chi connectivity index (χ1n) is 9.96. The average molecular weight is 496 g/mol. The summed E-state index contributed by atoms with van der Waals surface area (Å²) in [4.78, 5) is 24.5.